The number of benzene rings is 2. The first-order valence-corrected chi connectivity index (χ1v) is 7.30. The topological polar surface area (TPSA) is 82.8 Å². The molecule has 24 heavy (non-hydrogen) atoms. The van der Waals surface area contributed by atoms with Crippen molar-refractivity contribution in [2.75, 3.05) is 11.9 Å². The molecule has 2 N–H and O–H groups in total. The second-order valence-electron chi connectivity index (χ2n) is 5.46. The number of anilines is 1. The Morgan fingerprint density at radius 2 is 1.67 bits per heavy atom. The number of carbonyl (C=O) groups is 1. The van der Waals surface area contributed by atoms with Gasteiger partial charge in [0.15, 0.2) is 0 Å². The summed E-state index contributed by atoms with van der Waals surface area (Å²) in [6, 6.07) is 13.1. The number of aromatic nitrogens is 1. The van der Waals surface area contributed by atoms with Crippen molar-refractivity contribution in [3.63, 3.8) is 0 Å². The van der Waals surface area contributed by atoms with Gasteiger partial charge < -0.3 is 19.7 Å². The summed E-state index contributed by atoms with van der Waals surface area (Å²) in [5.74, 6) is -1.15. The number of carbonyl (C=O) groups excluding carboxylic acids is 1. The first-order valence-electron chi connectivity index (χ1n) is 7.30. The lowest BCUT2D eigenvalue weighted by Gasteiger charge is -2.19. The molecule has 6 nitrogen and oxygen atoms in total. The van der Waals surface area contributed by atoms with E-state index in [1.807, 2.05) is 0 Å². The normalized spacial score (nSPS) is 10.8. The summed E-state index contributed by atoms with van der Waals surface area (Å²) in [4.78, 5) is 26.5. The molecule has 0 saturated carbocycles. The van der Waals surface area contributed by atoms with Crippen LogP contribution in [0.4, 0.5) is 5.69 Å². The average Bonchev–Trinajstić information content (AvgIpc) is 2.59. The molecular weight excluding hydrogens is 308 g/mol. The predicted molar refractivity (Wildman–Crippen MR) is 91.7 cm³/mol. The third kappa shape index (κ3) is 2.28. The van der Waals surface area contributed by atoms with Gasteiger partial charge in [-0.25, -0.2) is 0 Å². The number of aryl methyl sites for hydroxylation is 1. The molecule has 2 aromatic carbocycles. The fraction of sp³-hybridized carbons (Fsp3) is 0.111. The summed E-state index contributed by atoms with van der Waals surface area (Å²) in [5, 5.41) is 20.8. The molecule has 0 aliphatic rings. The van der Waals surface area contributed by atoms with E-state index in [1.165, 1.54) is 17.7 Å². The number of hydrogen-bond donors (Lipinski definition) is 2. The fourth-order valence-corrected chi connectivity index (χ4v) is 2.70. The number of phenols is 1. The zero-order chi connectivity index (χ0) is 17.4. The third-order valence-corrected chi connectivity index (χ3v) is 4.04. The molecule has 0 radical (unpaired) electrons. The highest BCUT2D eigenvalue weighted by molar-refractivity contribution is 6.10. The Hall–Kier alpha value is -3.28. The zero-order valence-electron chi connectivity index (χ0n) is 13.2. The van der Waals surface area contributed by atoms with Gasteiger partial charge in [-0.15, -0.1) is 0 Å². The van der Waals surface area contributed by atoms with E-state index in [9.17, 15) is 19.8 Å². The molecule has 3 rings (SSSR count). The number of nitrogens with zero attached hydrogens (tertiary/aromatic N) is 2. The molecule has 0 fully saturated rings. The van der Waals surface area contributed by atoms with Gasteiger partial charge in [-0.2, -0.15) is 0 Å². The highest BCUT2D eigenvalue weighted by atomic mass is 16.3. The van der Waals surface area contributed by atoms with Crippen LogP contribution in [0.25, 0.3) is 10.9 Å². The molecular formula is C18H16N2O4. The van der Waals surface area contributed by atoms with Gasteiger partial charge in [-0.3, -0.25) is 9.59 Å². The van der Waals surface area contributed by atoms with Crippen molar-refractivity contribution in [3.05, 3.63) is 64.4 Å². The molecule has 122 valence electrons. The van der Waals surface area contributed by atoms with Crippen molar-refractivity contribution < 1.29 is 15.0 Å². The van der Waals surface area contributed by atoms with Crippen molar-refractivity contribution in [1.82, 2.24) is 4.57 Å². The van der Waals surface area contributed by atoms with E-state index >= 15 is 0 Å². The van der Waals surface area contributed by atoms with E-state index < -0.39 is 11.5 Å². The van der Waals surface area contributed by atoms with E-state index in [0.29, 0.717) is 10.9 Å². The Labute approximate surface area is 137 Å². The highest BCUT2D eigenvalue weighted by Gasteiger charge is 2.25. The molecule has 3 aromatic rings. The summed E-state index contributed by atoms with van der Waals surface area (Å²) < 4.78 is 1.32. The molecule has 0 saturated heterocycles. The molecule has 0 aliphatic carbocycles. The van der Waals surface area contributed by atoms with Crippen molar-refractivity contribution in [3.8, 4) is 11.5 Å². The lowest BCUT2D eigenvalue weighted by molar-refractivity contribution is 0.0988. The minimum absolute atomic E-state index is 0.0922. The molecule has 1 aromatic heterocycles. The van der Waals surface area contributed by atoms with Crippen LogP contribution in [0.1, 0.15) is 10.4 Å². The number of para-hydroxylation sites is 3. The predicted octanol–water partition coefficient (Wildman–Crippen LogP) is 2.23. The van der Waals surface area contributed by atoms with Gasteiger partial charge in [-0.05, 0) is 24.3 Å². The number of pyridine rings is 1. The Kier molecular flexibility index (Phi) is 3.73. The van der Waals surface area contributed by atoms with Crippen LogP contribution >= 0.6 is 0 Å². The fourth-order valence-electron chi connectivity index (χ4n) is 2.70. The first-order chi connectivity index (χ1) is 11.4. The Morgan fingerprint density at radius 1 is 1.04 bits per heavy atom. The lowest BCUT2D eigenvalue weighted by atomic mass is 10.1. The Morgan fingerprint density at radius 3 is 2.38 bits per heavy atom. The van der Waals surface area contributed by atoms with Crippen LogP contribution in [0.2, 0.25) is 0 Å². The van der Waals surface area contributed by atoms with Gasteiger partial charge in [0.05, 0.1) is 11.2 Å². The van der Waals surface area contributed by atoms with Crippen molar-refractivity contribution in [2.45, 2.75) is 0 Å². The summed E-state index contributed by atoms with van der Waals surface area (Å²) in [6.45, 7) is 0. The van der Waals surface area contributed by atoms with Crippen molar-refractivity contribution in [1.29, 1.82) is 0 Å². The maximum absolute atomic E-state index is 12.8. The maximum atomic E-state index is 12.8. The van der Waals surface area contributed by atoms with E-state index in [0.717, 1.165) is 4.90 Å². The summed E-state index contributed by atoms with van der Waals surface area (Å²) in [7, 11) is 2.98. The molecule has 0 bridgehead atoms. The summed E-state index contributed by atoms with van der Waals surface area (Å²) in [6.07, 6.45) is 0. The molecule has 6 heteroatoms. The molecule has 1 amide bonds. The summed E-state index contributed by atoms with van der Waals surface area (Å²) >= 11 is 0. The largest absolute Gasteiger partial charge is 0.506 e. The van der Waals surface area contributed by atoms with E-state index in [2.05, 4.69) is 0 Å². The van der Waals surface area contributed by atoms with E-state index in [-0.39, 0.29) is 22.7 Å². The Balaban J connectivity index is 2.21. The van der Waals surface area contributed by atoms with Crippen LogP contribution < -0.4 is 10.5 Å². The number of phenolic OH excluding ortho intramolecular Hbond substituents is 1. The number of rotatable bonds is 2. The quantitative estimate of drug-likeness (QED) is 0.757. The van der Waals surface area contributed by atoms with Crippen LogP contribution in [-0.2, 0) is 7.05 Å². The van der Waals surface area contributed by atoms with Gasteiger partial charge >= 0.3 is 0 Å². The SMILES string of the molecule is CN(C(=O)c1c(O)c2ccccc2n(C)c1=O)c1ccccc1O. The standard InChI is InChI=1S/C18H16N2O4/c1-19-12-8-4-3-7-11(12)16(22)15(17(19)23)18(24)20(2)13-9-5-6-10-14(13)21/h3-10,21-22H,1-2H3. The second kappa shape index (κ2) is 5.73. The lowest BCUT2D eigenvalue weighted by Crippen LogP contribution is -2.34. The highest BCUT2D eigenvalue weighted by Crippen LogP contribution is 2.30. The molecule has 0 spiro atoms. The van der Waals surface area contributed by atoms with Gasteiger partial charge in [0.25, 0.3) is 11.5 Å². The molecule has 1 heterocycles. The van der Waals surface area contributed by atoms with Crippen LogP contribution in [-0.4, -0.2) is 27.7 Å². The zero-order valence-corrected chi connectivity index (χ0v) is 13.2. The first kappa shape index (κ1) is 15.6. The van der Waals surface area contributed by atoms with E-state index in [1.54, 1.807) is 49.5 Å². The number of amides is 1. The minimum atomic E-state index is -0.694. The van der Waals surface area contributed by atoms with Gasteiger partial charge in [-0.1, -0.05) is 24.3 Å². The van der Waals surface area contributed by atoms with Gasteiger partial charge in [0.1, 0.15) is 17.1 Å². The molecule has 0 atom stereocenters. The maximum Gasteiger partial charge on any atom is 0.267 e. The van der Waals surface area contributed by atoms with Crippen LogP contribution in [0.5, 0.6) is 11.5 Å². The smallest absolute Gasteiger partial charge is 0.267 e. The summed E-state index contributed by atoms with van der Waals surface area (Å²) in [5.41, 5.74) is -0.153. The van der Waals surface area contributed by atoms with Gasteiger partial charge in [0, 0.05) is 19.5 Å². The van der Waals surface area contributed by atoms with Crippen molar-refractivity contribution >= 4 is 22.5 Å². The molecule has 0 unspecified atom stereocenters. The van der Waals surface area contributed by atoms with Crippen LogP contribution in [0.15, 0.2) is 53.3 Å². The number of fused-ring (bicyclic) bond motifs is 1. The van der Waals surface area contributed by atoms with Crippen LogP contribution in [0, 0.1) is 0 Å². The van der Waals surface area contributed by atoms with E-state index in [4.69, 9.17) is 0 Å². The van der Waals surface area contributed by atoms with Crippen LogP contribution in [0.3, 0.4) is 0 Å². The average molecular weight is 324 g/mol. The minimum Gasteiger partial charge on any atom is -0.506 e. The number of aromatic hydroxyl groups is 2. The third-order valence-electron chi connectivity index (χ3n) is 4.04. The van der Waals surface area contributed by atoms with Crippen molar-refractivity contribution in [2.24, 2.45) is 7.05 Å². The Bertz CT molecular complexity index is 1010. The molecule has 0 aliphatic heterocycles. The second-order valence-corrected chi connectivity index (χ2v) is 5.46. The monoisotopic (exact) mass is 324 g/mol. The van der Waals surface area contributed by atoms with Gasteiger partial charge in [0.2, 0.25) is 0 Å². The number of hydrogen-bond acceptors (Lipinski definition) is 4.